The first-order chi connectivity index (χ1) is 11.6. The number of methoxy groups -OCH3 is 2. The number of aryl methyl sites for hydroxylation is 2. The van der Waals surface area contributed by atoms with Crippen molar-refractivity contribution in [1.82, 2.24) is 0 Å². The largest absolute Gasteiger partial charge is 0.493 e. The molecule has 2 aromatic carbocycles. The zero-order valence-electron chi connectivity index (χ0n) is 14.4. The molecule has 0 saturated carbocycles. The third-order valence-corrected chi connectivity index (χ3v) is 3.70. The topological polar surface area (TPSA) is 54.0 Å². The van der Waals surface area contributed by atoms with E-state index < -0.39 is 0 Å². The van der Waals surface area contributed by atoms with Gasteiger partial charge in [-0.3, -0.25) is 4.79 Å². The zero-order valence-corrected chi connectivity index (χ0v) is 14.4. The highest BCUT2D eigenvalue weighted by Gasteiger charge is 2.14. The molecule has 0 atom stereocenters. The molecule has 0 amide bonds. The van der Waals surface area contributed by atoms with E-state index >= 15 is 0 Å². The SMILES string of the molecule is COc1cc(C=O)cc(OC)c1OCCOc1ccc(C)c(C)c1. The lowest BCUT2D eigenvalue weighted by Gasteiger charge is -2.15. The summed E-state index contributed by atoms with van der Waals surface area (Å²) >= 11 is 0. The lowest BCUT2D eigenvalue weighted by Crippen LogP contribution is -2.10. The third-order valence-electron chi connectivity index (χ3n) is 3.70. The maximum absolute atomic E-state index is 11.0. The Bertz CT molecular complexity index is 684. The molecular formula is C19H22O5. The Balaban J connectivity index is 2.00. The lowest BCUT2D eigenvalue weighted by molar-refractivity contribution is 0.112. The fourth-order valence-corrected chi connectivity index (χ4v) is 2.22. The Morgan fingerprint density at radius 2 is 1.50 bits per heavy atom. The molecule has 2 aromatic rings. The molecule has 0 aliphatic carbocycles. The molecule has 0 radical (unpaired) electrons. The summed E-state index contributed by atoms with van der Waals surface area (Å²) in [5, 5.41) is 0. The summed E-state index contributed by atoms with van der Waals surface area (Å²) in [5.41, 5.74) is 2.87. The van der Waals surface area contributed by atoms with E-state index in [1.54, 1.807) is 12.1 Å². The van der Waals surface area contributed by atoms with Crippen LogP contribution in [0.2, 0.25) is 0 Å². The molecule has 0 aliphatic heterocycles. The molecule has 0 saturated heterocycles. The van der Waals surface area contributed by atoms with Gasteiger partial charge in [0.05, 0.1) is 14.2 Å². The number of hydrogen-bond donors (Lipinski definition) is 0. The summed E-state index contributed by atoms with van der Waals surface area (Å²) in [6, 6.07) is 9.16. The summed E-state index contributed by atoms with van der Waals surface area (Å²) < 4.78 is 22.0. The molecule has 5 heteroatoms. The lowest BCUT2D eigenvalue weighted by atomic mass is 10.1. The Morgan fingerprint density at radius 1 is 0.875 bits per heavy atom. The molecule has 0 aliphatic rings. The van der Waals surface area contributed by atoms with Gasteiger partial charge in [-0.25, -0.2) is 0 Å². The van der Waals surface area contributed by atoms with Crippen LogP contribution >= 0.6 is 0 Å². The highest BCUT2D eigenvalue weighted by atomic mass is 16.6. The fourth-order valence-electron chi connectivity index (χ4n) is 2.22. The molecule has 0 bridgehead atoms. The minimum Gasteiger partial charge on any atom is -0.493 e. The number of hydrogen-bond acceptors (Lipinski definition) is 5. The van der Waals surface area contributed by atoms with Crippen LogP contribution in [0.15, 0.2) is 30.3 Å². The Labute approximate surface area is 142 Å². The highest BCUT2D eigenvalue weighted by Crippen LogP contribution is 2.38. The van der Waals surface area contributed by atoms with Crippen LogP contribution in [0.3, 0.4) is 0 Å². The van der Waals surface area contributed by atoms with Crippen molar-refractivity contribution in [2.75, 3.05) is 27.4 Å². The van der Waals surface area contributed by atoms with Crippen LogP contribution in [0, 0.1) is 13.8 Å². The summed E-state index contributed by atoms with van der Waals surface area (Å²) in [5.74, 6) is 2.15. The van der Waals surface area contributed by atoms with Gasteiger partial charge in [-0.1, -0.05) is 6.07 Å². The fraction of sp³-hybridized carbons (Fsp3) is 0.316. The van der Waals surface area contributed by atoms with Gasteiger partial charge in [0.15, 0.2) is 11.5 Å². The summed E-state index contributed by atoms with van der Waals surface area (Å²) in [4.78, 5) is 11.0. The van der Waals surface area contributed by atoms with Crippen LogP contribution in [0.1, 0.15) is 21.5 Å². The van der Waals surface area contributed by atoms with Gasteiger partial charge in [-0.05, 0) is 49.2 Å². The van der Waals surface area contributed by atoms with E-state index in [9.17, 15) is 4.79 Å². The Morgan fingerprint density at radius 3 is 2.04 bits per heavy atom. The summed E-state index contributed by atoms with van der Waals surface area (Å²) in [6.45, 7) is 4.80. The first-order valence-electron chi connectivity index (χ1n) is 7.63. The van der Waals surface area contributed by atoms with E-state index in [1.165, 1.54) is 25.3 Å². The average Bonchev–Trinajstić information content (AvgIpc) is 2.61. The number of benzene rings is 2. The van der Waals surface area contributed by atoms with Crippen molar-refractivity contribution in [2.24, 2.45) is 0 Å². The number of aldehydes is 1. The molecule has 0 spiro atoms. The summed E-state index contributed by atoms with van der Waals surface area (Å²) in [6.07, 6.45) is 0.734. The standard InChI is InChI=1S/C19H22O5/c1-13-5-6-16(9-14(13)2)23-7-8-24-19-17(21-3)10-15(12-20)11-18(19)22-4/h5-6,9-12H,7-8H2,1-4H3. The van der Waals surface area contributed by atoms with Crippen molar-refractivity contribution in [1.29, 1.82) is 0 Å². The minimum absolute atomic E-state index is 0.320. The first kappa shape index (κ1) is 17.7. The minimum atomic E-state index is 0.320. The van der Waals surface area contributed by atoms with Crippen molar-refractivity contribution in [3.05, 3.63) is 47.0 Å². The molecular weight excluding hydrogens is 308 g/mol. The molecule has 0 fully saturated rings. The van der Waals surface area contributed by atoms with Gasteiger partial charge in [0, 0.05) is 5.56 Å². The van der Waals surface area contributed by atoms with E-state index in [1.807, 2.05) is 25.1 Å². The van der Waals surface area contributed by atoms with Crippen LogP contribution in [0.25, 0.3) is 0 Å². The zero-order chi connectivity index (χ0) is 17.5. The van der Waals surface area contributed by atoms with Crippen LogP contribution in [-0.4, -0.2) is 33.7 Å². The molecule has 0 heterocycles. The number of ether oxygens (including phenoxy) is 4. The molecule has 0 aromatic heterocycles. The van der Waals surface area contributed by atoms with Crippen molar-refractivity contribution < 1.29 is 23.7 Å². The quantitative estimate of drug-likeness (QED) is 0.547. The highest BCUT2D eigenvalue weighted by molar-refractivity contribution is 5.78. The van der Waals surface area contributed by atoms with Gasteiger partial charge in [0.25, 0.3) is 0 Å². The van der Waals surface area contributed by atoms with Gasteiger partial charge in [0.2, 0.25) is 5.75 Å². The van der Waals surface area contributed by atoms with Crippen LogP contribution in [0.5, 0.6) is 23.0 Å². The van der Waals surface area contributed by atoms with Crippen molar-refractivity contribution in [2.45, 2.75) is 13.8 Å². The second-order valence-electron chi connectivity index (χ2n) is 5.32. The molecule has 24 heavy (non-hydrogen) atoms. The van der Waals surface area contributed by atoms with Gasteiger partial charge in [0.1, 0.15) is 25.2 Å². The number of carbonyl (C=O) groups is 1. The maximum Gasteiger partial charge on any atom is 0.203 e. The predicted molar refractivity (Wildman–Crippen MR) is 91.8 cm³/mol. The van der Waals surface area contributed by atoms with Gasteiger partial charge in [-0.15, -0.1) is 0 Å². The predicted octanol–water partition coefficient (Wildman–Crippen LogP) is 3.59. The first-order valence-corrected chi connectivity index (χ1v) is 7.63. The smallest absolute Gasteiger partial charge is 0.203 e. The van der Waals surface area contributed by atoms with Crippen molar-refractivity contribution in [3.63, 3.8) is 0 Å². The molecule has 2 rings (SSSR count). The van der Waals surface area contributed by atoms with E-state index in [2.05, 4.69) is 6.92 Å². The maximum atomic E-state index is 11.0. The number of carbonyl (C=O) groups excluding carboxylic acids is 1. The second kappa shape index (κ2) is 8.24. The van der Waals surface area contributed by atoms with Crippen molar-refractivity contribution >= 4 is 6.29 Å². The molecule has 5 nitrogen and oxygen atoms in total. The molecule has 128 valence electrons. The Hall–Kier alpha value is -2.69. The summed E-state index contributed by atoms with van der Waals surface area (Å²) in [7, 11) is 3.03. The normalized spacial score (nSPS) is 10.2. The van der Waals surface area contributed by atoms with Crippen LogP contribution < -0.4 is 18.9 Å². The van der Waals surface area contributed by atoms with Crippen LogP contribution in [0.4, 0.5) is 0 Å². The van der Waals surface area contributed by atoms with Crippen molar-refractivity contribution in [3.8, 4) is 23.0 Å². The monoisotopic (exact) mass is 330 g/mol. The van der Waals surface area contributed by atoms with E-state index in [0.717, 1.165) is 12.0 Å². The Kier molecular flexibility index (Phi) is 6.07. The average molecular weight is 330 g/mol. The second-order valence-corrected chi connectivity index (χ2v) is 5.32. The molecule has 0 unspecified atom stereocenters. The van der Waals surface area contributed by atoms with Gasteiger partial charge >= 0.3 is 0 Å². The van der Waals surface area contributed by atoms with E-state index in [0.29, 0.717) is 36.0 Å². The van der Waals surface area contributed by atoms with Gasteiger partial charge in [-0.2, -0.15) is 0 Å². The molecule has 0 N–H and O–H groups in total. The van der Waals surface area contributed by atoms with Crippen LogP contribution in [-0.2, 0) is 0 Å². The van der Waals surface area contributed by atoms with Gasteiger partial charge < -0.3 is 18.9 Å². The van der Waals surface area contributed by atoms with E-state index in [4.69, 9.17) is 18.9 Å². The third kappa shape index (κ3) is 4.19. The van der Waals surface area contributed by atoms with E-state index in [-0.39, 0.29) is 0 Å². The number of rotatable bonds is 8.